The molecule has 0 unspecified atom stereocenters. The van der Waals surface area contributed by atoms with Crippen molar-refractivity contribution in [2.45, 2.75) is 13.3 Å². The third-order valence-corrected chi connectivity index (χ3v) is 3.11. The number of aryl methyl sites for hydroxylation is 1. The van der Waals surface area contributed by atoms with Gasteiger partial charge in [-0.05, 0) is 42.3 Å². The van der Waals surface area contributed by atoms with Crippen LogP contribution in [0.1, 0.15) is 12.5 Å². The number of rotatable bonds is 1. The van der Waals surface area contributed by atoms with Crippen LogP contribution in [0.5, 0.6) is 0 Å². The molecule has 1 aromatic heterocycles. The molecule has 0 aliphatic heterocycles. The van der Waals surface area contributed by atoms with Crippen molar-refractivity contribution < 1.29 is 0 Å². The molecule has 0 aliphatic carbocycles. The average molecular weight is 222 g/mol. The summed E-state index contributed by atoms with van der Waals surface area (Å²) in [6.07, 6.45) is 1.05. The van der Waals surface area contributed by atoms with E-state index in [1.165, 1.54) is 10.9 Å². The van der Waals surface area contributed by atoms with Crippen LogP contribution in [0.15, 0.2) is 42.5 Å². The van der Waals surface area contributed by atoms with Gasteiger partial charge in [-0.25, -0.2) is 4.98 Å². The summed E-state index contributed by atoms with van der Waals surface area (Å²) in [4.78, 5) is 4.63. The number of nitrogens with two attached hydrogens (primary N) is 1. The maximum absolute atomic E-state index is 5.77. The Kier molecular flexibility index (Phi) is 2.22. The summed E-state index contributed by atoms with van der Waals surface area (Å²) < 4.78 is 0. The van der Waals surface area contributed by atoms with E-state index in [4.69, 9.17) is 5.73 Å². The van der Waals surface area contributed by atoms with Crippen LogP contribution >= 0.6 is 0 Å². The second-order valence-electron chi connectivity index (χ2n) is 4.32. The molecule has 1 heterocycles. The van der Waals surface area contributed by atoms with Crippen LogP contribution in [-0.2, 0) is 6.42 Å². The van der Waals surface area contributed by atoms with E-state index in [0.717, 1.165) is 28.5 Å². The number of hydrogen-bond acceptors (Lipinski definition) is 2. The van der Waals surface area contributed by atoms with E-state index in [1.807, 2.05) is 18.2 Å². The lowest BCUT2D eigenvalue weighted by molar-refractivity contribution is 1.15. The number of hydrogen-bond donors (Lipinski definition) is 1. The van der Waals surface area contributed by atoms with Gasteiger partial charge in [0.05, 0.1) is 11.0 Å². The normalized spacial score (nSPS) is 11.1. The van der Waals surface area contributed by atoms with Crippen molar-refractivity contribution in [1.29, 1.82) is 0 Å². The minimum Gasteiger partial charge on any atom is -0.399 e. The first-order chi connectivity index (χ1) is 8.26. The first-order valence-electron chi connectivity index (χ1n) is 5.85. The topological polar surface area (TPSA) is 38.9 Å². The zero-order valence-electron chi connectivity index (χ0n) is 9.77. The van der Waals surface area contributed by atoms with Crippen LogP contribution in [0.3, 0.4) is 0 Å². The van der Waals surface area contributed by atoms with Gasteiger partial charge in [0.25, 0.3) is 0 Å². The van der Waals surface area contributed by atoms with Gasteiger partial charge >= 0.3 is 0 Å². The number of nitrogens with zero attached hydrogens (tertiary/aromatic N) is 1. The predicted octanol–water partition coefficient (Wildman–Crippen LogP) is 3.53. The first-order valence-corrected chi connectivity index (χ1v) is 5.85. The molecule has 3 aromatic rings. The van der Waals surface area contributed by atoms with E-state index in [2.05, 4.69) is 36.2 Å². The highest BCUT2D eigenvalue weighted by Gasteiger charge is 2.01. The molecule has 0 bridgehead atoms. The average Bonchev–Trinajstić information content (AvgIpc) is 2.35. The quantitative estimate of drug-likeness (QED) is 0.505. The van der Waals surface area contributed by atoms with Crippen molar-refractivity contribution in [2.75, 3.05) is 5.73 Å². The maximum Gasteiger partial charge on any atom is 0.0730 e. The van der Waals surface area contributed by atoms with Gasteiger partial charge in [0.2, 0.25) is 0 Å². The molecule has 0 fully saturated rings. The van der Waals surface area contributed by atoms with Gasteiger partial charge in [0.15, 0.2) is 0 Å². The third kappa shape index (κ3) is 1.72. The third-order valence-electron chi connectivity index (χ3n) is 3.11. The Morgan fingerprint density at radius 2 is 1.82 bits per heavy atom. The summed E-state index contributed by atoms with van der Waals surface area (Å²) in [7, 11) is 0. The van der Waals surface area contributed by atoms with Crippen molar-refractivity contribution in [3.8, 4) is 0 Å². The summed E-state index contributed by atoms with van der Waals surface area (Å²) in [5.74, 6) is 0. The summed E-state index contributed by atoms with van der Waals surface area (Å²) in [6, 6.07) is 14.5. The van der Waals surface area contributed by atoms with Crippen molar-refractivity contribution in [1.82, 2.24) is 4.98 Å². The second-order valence-corrected chi connectivity index (χ2v) is 4.32. The number of benzene rings is 2. The van der Waals surface area contributed by atoms with Crippen molar-refractivity contribution in [3.05, 3.63) is 48.0 Å². The largest absolute Gasteiger partial charge is 0.399 e. The fraction of sp³-hybridized carbons (Fsp3) is 0.133. The Morgan fingerprint density at radius 1 is 0.941 bits per heavy atom. The second kappa shape index (κ2) is 3.74. The van der Waals surface area contributed by atoms with Crippen molar-refractivity contribution >= 4 is 27.5 Å². The molecule has 84 valence electrons. The molecule has 3 rings (SSSR count). The molecule has 0 atom stereocenters. The van der Waals surface area contributed by atoms with E-state index < -0.39 is 0 Å². The van der Waals surface area contributed by atoms with Crippen LogP contribution < -0.4 is 5.73 Å². The standard InChI is InChI=1S/C15H14N2/c1-2-10-3-6-14-12(7-10)8-11-4-5-13(16)9-15(11)17-14/h3-9H,2,16H2,1H3. The molecule has 2 N–H and O–H groups in total. The highest BCUT2D eigenvalue weighted by atomic mass is 14.7. The Bertz CT molecular complexity index is 702. The van der Waals surface area contributed by atoms with Gasteiger partial charge in [-0.1, -0.05) is 19.1 Å². The zero-order valence-corrected chi connectivity index (χ0v) is 9.77. The zero-order chi connectivity index (χ0) is 11.8. The van der Waals surface area contributed by atoms with Crippen molar-refractivity contribution in [3.63, 3.8) is 0 Å². The lowest BCUT2D eigenvalue weighted by Gasteiger charge is -2.04. The SMILES string of the molecule is CCc1ccc2nc3cc(N)ccc3cc2c1. The lowest BCUT2D eigenvalue weighted by atomic mass is 10.1. The molecule has 0 radical (unpaired) electrons. The first kappa shape index (κ1) is 10.1. The minimum absolute atomic E-state index is 0.759. The molecule has 17 heavy (non-hydrogen) atoms. The Hall–Kier alpha value is -2.09. The molecule has 2 nitrogen and oxygen atoms in total. The molecular weight excluding hydrogens is 208 g/mol. The van der Waals surface area contributed by atoms with Crippen LogP contribution in [0, 0.1) is 0 Å². The van der Waals surface area contributed by atoms with E-state index in [-0.39, 0.29) is 0 Å². The highest BCUT2D eigenvalue weighted by Crippen LogP contribution is 2.22. The fourth-order valence-corrected chi connectivity index (χ4v) is 2.12. The van der Waals surface area contributed by atoms with Gasteiger partial charge in [-0.2, -0.15) is 0 Å². The summed E-state index contributed by atoms with van der Waals surface area (Å²) in [5, 5.41) is 2.33. The summed E-state index contributed by atoms with van der Waals surface area (Å²) >= 11 is 0. The molecular formula is C15H14N2. The molecule has 0 saturated heterocycles. The van der Waals surface area contributed by atoms with E-state index in [9.17, 15) is 0 Å². The van der Waals surface area contributed by atoms with E-state index in [0.29, 0.717) is 0 Å². The number of fused-ring (bicyclic) bond motifs is 2. The monoisotopic (exact) mass is 222 g/mol. The van der Waals surface area contributed by atoms with Gasteiger partial charge in [0, 0.05) is 16.5 Å². The molecule has 0 saturated carbocycles. The van der Waals surface area contributed by atoms with Crippen molar-refractivity contribution in [2.24, 2.45) is 0 Å². The molecule has 0 amide bonds. The smallest absolute Gasteiger partial charge is 0.0730 e. The number of pyridine rings is 1. The predicted molar refractivity (Wildman–Crippen MR) is 73.0 cm³/mol. The summed E-state index contributed by atoms with van der Waals surface area (Å²) in [6.45, 7) is 2.16. The molecule has 2 aromatic carbocycles. The van der Waals surface area contributed by atoms with E-state index in [1.54, 1.807) is 0 Å². The van der Waals surface area contributed by atoms with Gasteiger partial charge in [-0.3, -0.25) is 0 Å². The van der Waals surface area contributed by atoms with Crippen LogP contribution in [-0.4, -0.2) is 4.98 Å². The fourth-order valence-electron chi connectivity index (χ4n) is 2.12. The number of aromatic nitrogens is 1. The number of anilines is 1. The van der Waals surface area contributed by atoms with Crippen LogP contribution in [0.25, 0.3) is 21.8 Å². The Balaban J connectivity index is 2.35. The highest BCUT2D eigenvalue weighted by molar-refractivity contribution is 5.94. The van der Waals surface area contributed by atoms with Crippen LogP contribution in [0.2, 0.25) is 0 Å². The molecule has 0 aliphatic rings. The minimum atomic E-state index is 0.759. The van der Waals surface area contributed by atoms with Gasteiger partial charge in [-0.15, -0.1) is 0 Å². The van der Waals surface area contributed by atoms with Gasteiger partial charge < -0.3 is 5.73 Å². The van der Waals surface area contributed by atoms with Gasteiger partial charge in [0.1, 0.15) is 0 Å². The van der Waals surface area contributed by atoms with E-state index >= 15 is 0 Å². The Labute approximate surface area is 100 Å². The molecule has 0 spiro atoms. The maximum atomic E-state index is 5.77. The lowest BCUT2D eigenvalue weighted by Crippen LogP contribution is -1.88. The summed E-state index contributed by atoms with van der Waals surface area (Å²) in [5.41, 5.74) is 9.86. The van der Waals surface area contributed by atoms with Crippen LogP contribution in [0.4, 0.5) is 5.69 Å². The Morgan fingerprint density at radius 3 is 2.65 bits per heavy atom. The number of nitrogen functional groups attached to an aromatic ring is 1. The molecule has 2 heteroatoms.